The van der Waals surface area contributed by atoms with Crippen LogP contribution < -0.4 is 9.46 Å². The van der Waals surface area contributed by atoms with Gasteiger partial charge in [0.1, 0.15) is 17.6 Å². The Hall–Kier alpha value is -2.46. The van der Waals surface area contributed by atoms with Gasteiger partial charge in [-0.05, 0) is 36.1 Å². The highest BCUT2D eigenvalue weighted by atomic mass is 32.2. The van der Waals surface area contributed by atoms with Gasteiger partial charge in [0.05, 0.1) is 12.6 Å². The highest BCUT2D eigenvalue weighted by Crippen LogP contribution is 2.34. The normalized spacial score (nSPS) is 21.6. The van der Waals surface area contributed by atoms with Gasteiger partial charge in [-0.15, -0.1) is 0 Å². The van der Waals surface area contributed by atoms with Gasteiger partial charge in [0.15, 0.2) is 0 Å². The Kier molecular flexibility index (Phi) is 7.64. The fourth-order valence-corrected chi connectivity index (χ4v) is 5.89. The van der Waals surface area contributed by atoms with Crippen molar-refractivity contribution in [2.45, 2.75) is 37.2 Å². The van der Waals surface area contributed by atoms with Crippen LogP contribution in [0.5, 0.6) is 5.75 Å². The van der Waals surface area contributed by atoms with E-state index in [0.717, 1.165) is 24.1 Å². The lowest BCUT2D eigenvalue weighted by atomic mass is 10.0. The lowest BCUT2D eigenvalue weighted by Crippen LogP contribution is -2.40. The first kappa shape index (κ1) is 23.7. The van der Waals surface area contributed by atoms with Crippen molar-refractivity contribution in [3.05, 3.63) is 65.7 Å². The van der Waals surface area contributed by atoms with Crippen LogP contribution in [0.1, 0.15) is 36.4 Å². The van der Waals surface area contributed by atoms with Crippen LogP contribution in [0.2, 0.25) is 0 Å². The summed E-state index contributed by atoms with van der Waals surface area (Å²) in [6, 6.07) is 16.9. The zero-order valence-corrected chi connectivity index (χ0v) is 19.7. The minimum Gasteiger partial charge on any atom is -0.489 e. The number of ether oxygens (including phenoxy) is 1. The largest absolute Gasteiger partial charge is 0.489 e. The highest BCUT2D eigenvalue weighted by Gasteiger charge is 2.43. The molecule has 2 aliphatic heterocycles. The van der Waals surface area contributed by atoms with Crippen LogP contribution in [0.25, 0.3) is 0 Å². The summed E-state index contributed by atoms with van der Waals surface area (Å²) in [5.41, 5.74) is 1.88. The van der Waals surface area contributed by atoms with E-state index in [1.54, 1.807) is 17.0 Å². The molecule has 8 nitrogen and oxygen atoms in total. The molecule has 2 fully saturated rings. The fraction of sp³-hybridized carbons (Fsp3) is 0.458. The SMILES string of the molecule is CN1OC[C@@H](S(=O)(=O)NCCCN2CCCC2=O)[C@@H]1c1cccc(OCc2ccccc2)c1. The first-order valence-corrected chi connectivity index (χ1v) is 12.9. The molecule has 2 aromatic carbocycles. The van der Waals surface area contributed by atoms with Crippen molar-refractivity contribution in [2.75, 3.05) is 33.3 Å². The van der Waals surface area contributed by atoms with E-state index in [2.05, 4.69) is 4.72 Å². The van der Waals surface area contributed by atoms with Gasteiger partial charge >= 0.3 is 0 Å². The molecular formula is C24H31N3O5S. The Morgan fingerprint density at radius 2 is 1.97 bits per heavy atom. The molecule has 2 aliphatic rings. The van der Waals surface area contributed by atoms with Crippen molar-refractivity contribution < 1.29 is 22.8 Å². The Balaban J connectivity index is 1.38. The second kappa shape index (κ2) is 10.6. The number of likely N-dealkylation sites (tertiary alicyclic amines) is 1. The summed E-state index contributed by atoms with van der Waals surface area (Å²) in [7, 11) is -1.88. The number of sulfonamides is 1. The van der Waals surface area contributed by atoms with E-state index in [1.165, 1.54) is 0 Å². The van der Waals surface area contributed by atoms with Gasteiger partial charge in [0, 0.05) is 33.1 Å². The summed E-state index contributed by atoms with van der Waals surface area (Å²) >= 11 is 0. The Labute approximate surface area is 195 Å². The smallest absolute Gasteiger partial charge is 0.222 e. The van der Waals surface area contributed by atoms with Gasteiger partial charge in [-0.2, -0.15) is 5.06 Å². The first-order chi connectivity index (χ1) is 15.9. The Morgan fingerprint density at radius 3 is 2.73 bits per heavy atom. The van der Waals surface area contributed by atoms with Crippen molar-refractivity contribution in [3.8, 4) is 5.75 Å². The molecule has 0 spiro atoms. The van der Waals surface area contributed by atoms with Gasteiger partial charge < -0.3 is 9.64 Å². The molecule has 2 atom stereocenters. The molecule has 2 aromatic rings. The molecular weight excluding hydrogens is 442 g/mol. The standard InChI is InChI=1S/C24H31N3O5S/c1-26-24(20-10-5-11-21(16-20)31-17-19-8-3-2-4-9-19)22(18-32-26)33(29,30)25-13-7-15-27-14-6-12-23(27)28/h2-5,8-11,16,22,24-25H,6-7,12-15,17-18H2,1H3/t22-,24+/m1/s1. The van der Waals surface area contributed by atoms with Crippen molar-refractivity contribution in [1.82, 2.24) is 14.7 Å². The van der Waals surface area contributed by atoms with Crippen molar-refractivity contribution in [1.29, 1.82) is 0 Å². The number of nitrogens with one attached hydrogen (secondary N) is 1. The van der Waals surface area contributed by atoms with Crippen LogP contribution in [0.3, 0.4) is 0 Å². The maximum atomic E-state index is 13.1. The number of carbonyl (C=O) groups excluding carboxylic acids is 1. The van der Waals surface area contributed by atoms with Crippen LogP contribution >= 0.6 is 0 Å². The van der Waals surface area contributed by atoms with E-state index in [9.17, 15) is 13.2 Å². The van der Waals surface area contributed by atoms with Crippen LogP contribution in [-0.2, 0) is 26.3 Å². The Morgan fingerprint density at radius 1 is 1.15 bits per heavy atom. The van der Waals surface area contributed by atoms with Gasteiger partial charge in [0.2, 0.25) is 15.9 Å². The molecule has 2 heterocycles. The molecule has 0 radical (unpaired) electrons. The summed E-state index contributed by atoms with van der Waals surface area (Å²) in [4.78, 5) is 19.1. The van der Waals surface area contributed by atoms with Gasteiger partial charge in [0.25, 0.3) is 0 Å². The molecule has 0 saturated carbocycles. The highest BCUT2D eigenvalue weighted by molar-refractivity contribution is 7.90. The summed E-state index contributed by atoms with van der Waals surface area (Å²) in [6.07, 6.45) is 2.06. The van der Waals surface area contributed by atoms with Crippen molar-refractivity contribution >= 4 is 15.9 Å². The van der Waals surface area contributed by atoms with Crippen LogP contribution in [-0.4, -0.2) is 62.8 Å². The maximum Gasteiger partial charge on any atom is 0.222 e. The van der Waals surface area contributed by atoms with Crippen LogP contribution in [0, 0.1) is 0 Å². The second-order valence-corrected chi connectivity index (χ2v) is 10.4. The molecule has 0 aliphatic carbocycles. The first-order valence-electron chi connectivity index (χ1n) is 11.3. The zero-order chi connectivity index (χ0) is 23.3. The molecule has 0 aromatic heterocycles. The van der Waals surface area contributed by atoms with E-state index < -0.39 is 21.3 Å². The van der Waals surface area contributed by atoms with Crippen LogP contribution in [0.15, 0.2) is 54.6 Å². The number of hydrogen-bond donors (Lipinski definition) is 1. The van der Waals surface area contributed by atoms with Crippen molar-refractivity contribution in [3.63, 3.8) is 0 Å². The van der Waals surface area contributed by atoms with Gasteiger partial charge in [-0.25, -0.2) is 13.1 Å². The Bertz CT molecular complexity index is 1050. The topological polar surface area (TPSA) is 88.2 Å². The van der Waals surface area contributed by atoms with Gasteiger partial charge in [-0.1, -0.05) is 42.5 Å². The number of carbonyl (C=O) groups is 1. The molecule has 9 heteroatoms. The fourth-order valence-electron chi connectivity index (χ4n) is 4.34. The van der Waals surface area contributed by atoms with E-state index in [-0.39, 0.29) is 12.5 Å². The minimum absolute atomic E-state index is 0.0796. The third-order valence-corrected chi connectivity index (χ3v) is 7.91. The molecule has 0 bridgehead atoms. The van der Waals surface area contributed by atoms with E-state index in [0.29, 0.717) is 38.3 Å². The van der Waals surface area contributed by atoms with Crippen LogP contribution in [0.4, 0.5) is 0 Å². The monoisotopic (exact) mass is 473 g/mol. The van der Waals surface area contributed by atoms with E-state index in [4.69, 9.17) is 9.57 Å². The quantitative estimate of drug-likeness (QED) is 0.534. The molecule has 33 heavy (non-hydrogen) atoms. The number of hydroxylamine groups is 2. The second-order valence-electron chi connectivity index (χ2n) is 8.45. The van der Waals surface area contributed by atoms with Gasteiger partial charge in [-0.3, -0.25) is 9.63 Å². The predicted octanol–water partition coefficient (Wildman–Crippen LogP) is 2.48. The number of nitrogens with zero attached hydrogens (tertiary/aromatic N) is 2. The number of benzene rings is 2. The third-order valence-electron chi connectivity index (χ3n) is 6.11. The summed E-state index contributed by atoms with van der Waals surface area (Å²) in [5.74, 6) is 0.828. The van der Waals surface area contributed by atoms with E-state index in [1.807, 2.05) is 54.6 Å². The summed E-state index contributed by atoms with van der Waals surface area (Å²) in [6.45, 7) is 2.14. The summed E-state index contributed by atoms with van der Waals surface area (Å²) < 4.78 is 34.8. The molecule has 0 unspecified atom stereocenters. The zero-order valence-electron chi connectivity index (χ0n) is 18.9. The third kappa shape index (κ3) is 5.92. The molecule has 178 valence electrons. The number of amides is 1. The molecule has 2 saturated heterocycles. The number of hydrogen-bond acceptors (Lipinski definition) is 6. The minimum atomic E-state index is -3.63. The predicted molar refractivity (Wildman–Crippen MR) is 125 cm³/mol. The molecule has 4 rings (SSSR count). The average Bonchev–Trinajstić information content (AvgIpc) is 3.42. The maximum absolute atomic E-state index is 13.1. The average molecular weight is 474 g/mol. The molecule has 1 amide bonds. The van der Waals surface area contributed by atoms with E-state index >= 15 is 0 Å². The number of rotatable bonds is 10. The lowest BCUT2D eigenvalue weighted by Gasteiger charge is -2.24. The lowest BCUT2D eigenvalue weighted by molar-refractivity contribution is -0.127. The molecule has 1 N–H and O–H groups in total. The van der Waals surface area contributed by atoms with Crippen molar-refractivity contribution in [2.24, 2.45) is 0 Å². The summed E-state index contributed by atoms with van der Waals surface area (Å²) in [5, 5.41) is 0.851.